The summed E-state index contributed by atoms with van der Waals surface area (Å²) in [6, 6.07) is 28.3. The van der Waals surface area contributed by atoms with Crippen LogP contribution in [-0.4, -0.2) is 100 Å². The van der Waals surface area contributed by atoms with Crippen LogP contribution >= 0.6 is 0 Å². The van der Waals surface area contributed by atoms with Gasteiger partial charge in [-0.05, 0) is 294 Å². The van der Waals surface area contributed by atoms with Crippen LogP contribution in [0.3, 0.4) is 0 Å². The average molecular weight is 1370 g/mol. The molecule has 0 aliphatic rings. The van der Waals surface area contributed by atoms with Crippen molar-refractivity contribution in [3.8, 4) is 63.2 Å². The lowest BCUT2D eigenvalue weighted by Gasteiger charge is -2.30. The molecule has 7 aromatic carbocycles. The number of aryl methyl sites for hydroxylation is 12. The van der Waals surface area contributed by atoms with Crippen LogP contribution < -0.4 is 32.8 Å². The van der Waals surface area contributed by atoms with Crippen molar-refractivity contribution in [1.29, 1.82) is 0 Å². The number of esters is 2. The van der Waals surface area contributed by atoms with Crippen LogP contribution in [0.5, 0.6) is 63.2 Å². The number of carbonyl (C=O) groups is 2. The Labute approximate surface area is 589 Å². The largest absolute Gasteiger partial charge is 0.544 e. The van der Waals surface area contributed by atoms with E-state index in [1.807, 2.05) is 151 Å². The van der Waals surface area contributed by atoms with Gasteiger partial charge in [0.2, 0.25) is 8.32 Å². The van der Waals surface area contributed by atoms with Crippen LogP contribution in [0.4, 0.5) is 0 Å². The number of methoxy groups -OCH3 is 3. The summed E-state index contributed by atoms with van der Waals surface area (Å²) in [7, 11) is 7.59. The highest BCUT2D eigenvalue weighted by molar-refractivity contribution is 6.70. The van der Waals surface area contributed by atoms with Crippen LogP contribution in [0.1, 0.15) is 175 Å². The summed E-state index contributed by atoms with van der Waals surface area (Å²) in [4.78, 5) is 26.0. The fourth-order valence-electron chi connectivity index (χ4n) is 10.1. The van der Waals surface area contributed by atoms with Gasteiger partial charge in [-0.2, -0.15) is 0 Å². The first-order valence-corrected chi connectivity index (χ1v) is 37.2. The van der Waals surface area contributed by atoms with Gasteiger partial charge in [0.1, 0.15) is 63.2 Å². The topological polar surface area (TPSA) is 192 Å². The number of rotatable bonds is 20. The Morgan fingerprint density at radius 1 is 0.469 bits per heavy atom. The number of hydrogen-bond acceptors (Lipinski definition) is 15. The Morgan fingerprint density at radius 2 is 0.908 bits per heavy atom. The second-order valence-corrected chi connectivity index (χ2v) is 31.9. The first-order chi connectivity index (χ1) is 45.6. The second kappa shape index (κ2) is 39.3. The summed E-state index contributed by atoms with van der Waals surface area (Å²) in [5.41, 5.74) is 15.0. The third-order valence-corrected chi connectivity index (χ3v) is 17.5. The average Bonchev–Trinajstić information content (AvgIpc) is 0.782. The van der Waals surface area contributed by atoms with E-state index in [9.17, 15) is 30.0 Å². The number of benzene rings is 7. The van der Waals surface area contributed by atoms with Gasteiger partial charge in [0, 0.05) is 17.7 Å². The van der Waals surface area contributed by atoms with Crippen LogP contribution in [0, 0.1) is 83.1 Å². The number of phenolic OH excluding ortho intramolecular Hbond substituents is 4. The third kappa shape index (κ3) is 26.5. The zero-order valence-electron chi connectivity index (χ0n) is 64.8. The molecule has 0 amide bonds. The Kier molecular flexibility index (Phi) is 34.4. The molecule has 4 N–H and O–H groups in total. The molecule has 98 heavy (non-hydrogen) atoms. The number of ether oxygens (including phenoxy) is 7. The molecule has 7 rings (SSSR count). The summed E-state index contributed by atoms with van der Waals surface area (Å²) in [5.74, 6) is 6.32. The highest BCUT2D eigenvalue weighted by Crippen LogP contribution is 2.43. The minimum Gasteiger partial charge on any atom is -0.544 e. The van der Waals surface area contributed by atoms with Crippen molar-refractivity contribution in [3.63, 3.8) is 0 Å². The predicted molar refractivity (Wildman–Crippen MR) is 404 cm³/mol. The quantitative estimate of drug-likeness (QED) is 0.0320. The Balaban J connectivity index is 0.000000404. The van der Waals surface area contributed by atoms with Crippen LogP contribution in [0.2, 0.25) is 19.6 Å². The molecule has 540 valence electrons. The third-order valence-electron chi connectivity index (χ3n) is 16.6. The van der Waals surface area contributed by atoms with E-state index >= 15 is 0 Å². The van der Waals surface area contributed by atoms with Crippen molar-refractivity contribution in [3.05, 3.63) is 180 Å². The van der Waals surface area contributed by atoms with Gasteiger partial charge in [-0.1, -0.05) is 78.3 Å². The van der Waals surface area contributed by atoms with E-state index in [0.29, 0.717) is 65.1 Å². The van der Waals surface area contributed by atoms with E-state index in [1.54, 1.807) is 66.4 Å². The molecule has 15 nitrogen and oxygen atoms in total. The van der Waals surface area contributed by atoms with Crippen molar-refractivity contribution < 1.29 is 67.6 Å². The number of carbonyl (C=O) groups excluding carboxylic acids is 2. The summed E-state index contributed by atoms with van der Waals surface area (Å²) in [6.45, 7) is 50.1. The normalized spacial score (nSPS) is 11.2. The first-order valence-electron chi connectivity index (χ1n) is 33.8. The van der Waals surface area contributed by atoms with Gasteiger partial charge in [-0.25, -0.2) is 9.59 Å². The van der Waals surface area contributed by atoms with Crippen molar-refractivity contribution in [2.75, 3.05) is 48.6 Å². The van der Waals surface area contributed by atoms with E-state index in [1.165, 1.54) is 5.56 Å². The van der Waals surface area contributed by atoms with Gasteiger partial charge in [-0.15, -0.1) is 0 Å². The molecule has 0 radical (unpaired) electrons. The Morgan fingerprint density at radius 3 is 1.36 bits per heavy atom. The molecule has 0 heterocycles. The van der Waals surface area contributed by atoms with E-state index in [4.69, 9.17) is 37.6 Å². The summed E-state index contributed by atoms with van der Waals surface area (Å²) in [5, 5.41) is 39.0. The molecule has 0 spiro atoms. The molecule has 0 aliphatic heterocycles. The maximum Gasteiger partial charge on any atom is 0.347 e. The summed E-state index contributed by atoms with van der Waals surface area (Å²) in [6.07, 6.45) is 1.98. The summed E-state index contributed by atoms with van der Waals surface area (Å²) < 4.78 is 43.6. The lowest BCUT2D eigenvalue weighted by atomic mass is 9.77. The smallest absolute Gasteiger partial charge is 0.347 e. The molecule has 0 fully saturated rings. The van der Waals surface area contributed by atoms with Crippen LogP contribution in [0.15, 0.2) is 91.0 Å². The summed E-state index contributed by atoms with van der Waals surface area (Å²) >= 11 is 0. The van der Waals surface area contributed by atoms with E-state index in [-0.39, 0.29) is 22.5 Å². The van der Waals surface area contributed by atoms with Gasteiger partial charge in [0.25, 0.3) is 0 Å². The van der Waals surface area contributed by atoms with Gasteiger partial charge >= 0.3 is 11.9 Å². The van der Waals surface area contributed by atoms with Crippen molar-refractivity contribution in [2.45, 2.75) is 208 Å². The predicted octanol–water partition coefficient (Wildman–Crippen LogP) is 19.7. The molecular weight excluding hydrogens is 1250 g/mol. The Bertz CT molecular complexity index is 3680. The highest BCUT2D eigenvalue weighted by atomic mass is 28.4. The van der Waals surface area contributed by atoms with Gasteiger partial charge < -0.3 is 62.9 Å². The highest BCUT2D eigenvalue weighted by Gasteiger charge is 2.29. The zero-order chi connectivity index (χ0) is 74.9. The monoisotopic (exact) mass is 1370 g/mol. The maximum absolute atomic E-state index is 12.2. The molecule has 0 bridgehead atoms. The number of phenols is 4. The van der Waals surface area contributed by atoms with E-state index in [2.05, 4.69) is 79.1 Å². The van der Waals surface area contributed by atoms with Gasteiger partial charge in [0.05, 0.1) is 40.1 Å². The molecule has 16 heteroatoms. The maximum atomic E-state index is 12.2. The molecule has 0 aromatic heterocycles. The van der Waals surface area contributed by atoms with Gasteiger partial charge in [-0.3, -0.25) is 0 Å². The molecular formula is C82H119NO14Si. The van der Waals surface area contributed by atoms with E-state index < -0.39 is 20.4 Å². The van der Waals surface area contributed by atoms with E-state index in [0.717, 1.165) is 115 Å². The molecule has 0 saturated heterocycles. The first kappa shape index (κ1) is 85.7. The second-order valence-electron chi connectivity index (χ2n) is 27.5. The van der Waals surface area contributed by atoms with Gasteiger partial charge in [0.15, 0.2) is 6.10 Å². The van der Waals surface area contributed by atoms with Crippen LogP contribution in [0.25, 0.3) is 0 Å². The number of aromatic hydroxyl groups is 4. The zero-order valence-corrected chi connectivity index (χ0v) is 65.8. The van der Waals surface area contributed by atoms with Crippen LogP contribution in [-0.2, 0) is 26.9 Å². The van der Waals surface area contributed by atoms with Crippen molar-refractivity contribution in [1.82, 2.24) is 4.90 Å². The SMILES string of the molecule is CCC(C)(C)c1cc(OC)c(C(C)(C)CC)cc1O.CCOC(=O)C(CC)Oc1cc(C)c(OC)cc1C.CCOc1cc(C)c(O)cc1C.COc1cc(C)c(O[Si](C)(C)C)cc1C.Cc1cc(CN(C)C)cc(C)c1O.Cc1ccc(OC(=O)c2cc(C)c(O)c(C)c2)c(C)c1. The molecule has 0 saturated carbocycles. The molecule has 0 aliphatic carbocycles. The van der Waals surface area contributed by atoms with Crippen molar-refractivity contribution >= 4 is 20.3 Å². The minimum absolute atomic E-state index is 0.00227. The fraction of sp³-hybridized carbons (Fsp3) is 0.463. The molecule has 1 atom stereocenters. The standard InChI is InChI=1S/C17H18O3.C17H28O2.C15H22O4.C12H20O2Si.C11H17NO.C10H14O2/c1-10-5-6-15(11(2)7-10)20-17(19)14-8-12(3)16(18)13(4)9-14;1-8-16(3,4)12-11-15(19-7)13(10-14(12)18)17(5,6)9-2;1-6-12(15(16)18-7-2)19-14-9-10(3)13(17-5)8-11(14)4;1-9-8-12(14-15(4,5)6)10(2)7-11(9)13-3;1-8-5-10(7-12(3)4)6-9(2)11(8)13;1-4-12-10-6-7(2)9(11)5-8(10)3/h5-9,18H,1-4H3;10-11,18H,8-9H2,1-7H3;8-9,12H,6-7H2,1-5H3;7-8H,1-6H3;5-6,13H,7H2,1-4H3;5-6,11H,4H2,1-3H3. The lowest BCUT2D eigenvalue weighted by Crippen LogP contribution is -2.29. The lowest BCUT2D eigenvalue weighted by molar-refractivity contribution is -0.151. The molecule has 7 aromatic rings. The van der Waals surface area contributed by atoms with Crippen molar-refractivity contribution in [2.24, 2.45) is 0 Å². The molecule has 1 unspecified atom stereocenters. The Hall–Kier alpha value is -8.34. The number of nitrogens with zero attached hydrogens (tertiary/aromatic N) is 1. The minimum atomic E-state index is -1.52. The fourth-order valence-corrected chi connectivity index (χ4v) is 11.0. The number of hydrogen-bond donors (Lipinski definition) is 4.